The number of halogens is 4. The lowest BCUT2D eigenvalue weighted by Crippen LogP contribution is -2.53. The zero-order valence-corrected chi connectivity index (χ0v) is 19.4. The fraction of sp³-hybridized carbons (Fsp3) is 0.400. The lowest BCUT2D eigenvalue weighted by Gasteiger charge is -2.35. The number of piperazine rings is 1. The largest absolute Gasteiger partial charge is 0.408 e. The molecular weight excluding hydrogens is 482 g/mol. The minimum absolute atomic E-state index is 0.00597. The zero-order chi connectivity index (χ0) is 26.3. The van der Waals surface area contributed by atoms with Crippen LogP contribution in [0, 0.1) is 5.82 Å². The number of hydrogen-bond donors (Lipinski definition) is 2. The van der Waals surface area contributed by atoms with Gasteiger partial charge in [0.25, 0.3) is 17.7 Å². The van der Waals surface area contributed by atoms with Crippen molar-refractivity contribution >= 4 is 17.7 Å². The Morgan fingerprint density at radius 1 is 0.944 bits per heavy atom. The van der Waals surface area contributed by atoms with Crippen molar-refractivity contribution in [3.63, 3.8) is 0 Å². The van der Waals surface area contributed by atoms with E-state index in [2.05, 4.69) is 0 Å². The molecule has 2 fully saturated rings. The zero-order valence-electron chi connectivity index (χ0n) is 19.4. The number of aliphatic hydroxyl groups is 1. The summed E-state index contributed by atoms with van der Waals surface area (Å²) in [5, 5.41) is 11.8. The lowest BCUT2D eigenvalue weighted by atomic mass is 10.00. The first-order chi connectivity index (χ1) is 16.9. The summed E-state index contributed by atoms with van der Waals surface area (Å²) >= 11 is 0. The number of hydrogen-bond acceptors (Lipinski definition) is 4. The van der Waals surface area contributed by atoms with Crippen LogP contribution >= 0.6 is 0 Å². The first-order valence-corrected chi connectivity index (χ1v) is 11.5. The Labute approximate surface area is 204 Å². The fourth-order valence-corrected chi connectivity index (χ4v) is 3.96. The Morgan fingerprint density at radius 2 is 1.50 bits per heavy atom. The van der Waals surface area contributed by atoms with E-state index >= 15 is 0 Å². The van der Waals surface area contributed by atoms with Crippen LogP contribution in [0.5, 0.6) is 0 Å². The van der Waals surface area contributed by atoms with Gasteiger partial charge in [-0.2, -0.15) is 13.2 Å². The van der Waals surface area contributed by atoms with Crippen LogP contribution in [-0.4, -0.2) is 76.6 Å². The van der Waals surface area contributed by atoms with Gasteiger partial charge < -0.3 is 20.2 Å². The Balaban J connectivity index is 1.42. The van der Waals surface area contributed by atoms with Crippen molar-refractivity contribution in [3.05, 3.63) is 59.4 Å². The number of nitrogens with zero attached hydrogens (tertiary/aromatic N) is 2. The summed E-state index contributed by atoms with van der Waals surface area (Å²) in [4.78, 5) is 40.5. The highest BCUT2D eigenvalue weighted by molar-refractivity contribution is 5.97. The van der Waals surface area contributed by atoms with Crippen molar-refractivity contribution in [1.82, 2.24) is 15.1 Å². The Hall–Kier alpha value is -3.47. The number of carbonyl (C=O) groups excluding carboxylic acids is 3. The summed E-state index contributed by atoms with van der Waals surface area (Å²) in [6.45, 7) is 2.07. The van der Waals surface area contributed by atoms with E-state index in [4.69, 9.17) is 0 Å². The maximum absolute atomic E-state index is 14.5. The number of rotatable bonds is 5. The Morgan fingerprint density at radius 3 is 2.06 bits per heavy atom. The van der Waals surface area contributed by atoms with Gasteiger partial charge in [0.15, 0.2) is 0 Å². The molecule has 2 aromatic rings. The van der Waals surface area contributed by atoms with Crippen LogP contribution in [0.1, 0.15) is 40.5 Å². The molecule has 1 saturated carbocycles. The average molecular weight is 507 g/mol. The van der Waals surface area contributed by atoms with Gasteiger partial charge in [-0.15, -0.1) is 0 Å². The summed E-state index contributed by atoms with van der Waals surface area (Å²) in [5.74, 6) is -2.23. The molecule has 2 aliphatic rings. The summed E-state index contributed by atoms with van der Waals surface area (Å²) in [7, 11) is 0. The highest BCUT2D eigenvalue weighted by atomic mass is 19.4. The summed E-state index contributed by atoms with van der Waals surface area (Å²) < 4.78 is 52.7. The number of nitrogens with one attached hydrogen (secondary N) is 1. The van der Waals surface area contributed by atoms with E-state index in [0.717, 1.165) is 25.1 Å². The molecule has 1 heterocycles. The van der Waals surface area contributed by atoms with Gasteiger partial charge in [-0.1, -0.05) is 12.1 Å². The molecule has 0 radical (unpaired) electrons. The van der Waals surface area contributed by atoms with E-state index in [0.29, 0.717) is 50.1 Å². The number of carbonyl (C=O) groups is 3. The van der Waals surface area contributed by atoms with Gasteiger partial charge in [0.05, 0.1) is 0 Å². The molecule has 4 rings (SSSR count). The maximum Gasteiger partial charge on any atom is 0.408 e. The molecule has 1 saturated heterocycles. The standard InChI is InChI=1S/C25H25F4N3O4/c1-15(25(27,28)29)30-21(33)18-6-7-20(26)19(14-18)16-2-4-17(5-3-16)22(34)31-10-12-32(13-11-31)23(35)24(36)8-9-24/h2-7,14-15,36H,8-13H2,1H3,(H,30,33). The van der Waals surface area contributed by atoms with E-state index in [9.17, 15) is 37.1 Å². The van der Waals surface area contributed by atoms with Crippen molar-refractivity contribution in [2.45, 2.75) is 37.6 Å². The van der Waals surface area contributed by atoms with Gasteiger partial charge in [0, 0.05) is 42.9 Å². The monoisotopic (exact) mass is 507 g/mol. The molecule has 1 atom stereocenters. The van der Waals surface area contributed by atoms with Crippen molar-refractivity contribution < 1.29 is 37.1 Å². The molecule has 2 aromatic carbocycles. The third kappa shape index (κ3) is 5.35. The van der Waals surface area contributed by atoms with E-state index in [1.807, 2.05) is 5.32 Å². The first kappa shape index (κ1) is 25.6. The van der Waals surface area contributed by atoms with Gasteiger partial charge in [0.1, 0.15) is 17.5 Å². The first-order valence-electron chi connectivity index (χ1n) is 11.5. The second-order valence-electron chi connectivity index (χ2n) is 9.12. The van der Waals surface area contributed by atoms with Crippen LogP contribution in [0.2, 0.25) is 0 Å². The predicted octanol–water partition coefficient (Wildman–Crippen LogP) is 2.98. The molecule has 0 aromatic heterocycles. The quantitative estimate of drug-likeness (QED) is 0.609. The van der Waals surface area contributed by atoms with Crippen LogP contribution in [0.3, 0.4) is 0 Å². The van der Waals surface area contributed by atoms with Gasteiger partial charge in [0.2, 0.25) is 0 Å². The molecule has 0 spiro atoms. The van der Waals surface area contributed by atoms with E-state index < -0.39 is 29.5 Å². The molecule has 1 unspecified atom stereocenters. The average Bonchev–Trinajstić information content (AvgIpc) is 3.61. The van der Waals surface area contributed by atoms with Crippen LogP contribution in [0.4, 0.5) is 17.6 Å². The third-order valence-electron chi connectivity index (χ3n) is 6.49. The topological polar surface area (TPSA) is 90.0 Å². The van der Waals surface area contributed by atoms with Crippen molar-refractivity contribution in [1.29, 1.82) is 0 Å². The number of benzene rings is 2. The molecule has 7 nitrogen and oxygen atoms in total. The molecule has 1 aliphatic heterocycles. The number of amides is 3. The van der Waals surface area contributed by atoms with Crippen molar-refractivity contribution in [3.8, 4) is 11.1 Å². The Bertz CT molecular complexity index is 1170. The van der Waals surface area contributed by atoms with Crippen LogP contribution < -0.4 is 5.32 Å². The van der Waals surface area contributed by atoms with E-state index in [1.54, 1.807) is 9.80 Å². The lowest BCUT2D eigenvalue weighted by molar-refractivity contribution is -0.149. The number of alkyl halides is 3. The molecule has 0 bridgehead atoms. The molecule has 192 valence electrons. The highest BCUT2D eigenvalue weighted by Gasteiger charge is 2.50. The third-order valence-corrected chi connectivity index (χ3v) is 6.49. The van der Waals surface area contributed by atoms with Gasteiger partial charge in [-0.05, 0) is 55.7 Å². The summed E-state index contributed by atoms with van der Waals surface area (Å²) in [5.41, 5.74) is -0.688. The second kappa shape index (κ2) is 9.53. The minimum Gasteiger partial charge on any atom is -0.380 e. The normalized spacial score (nSPS) is 17.9. The van der Waals surface area contributed by atoms with E-state index in [-0.39, 0.29) is 22.9 Å². The smallest absolute Gasteiger partial charge is 0.380 e. The fourth-order valence-electron chi connectivity index (χ4n) is 3.96. The van der Waals surface area contributed by atoms with Crippen molar-refractivity contribution in [2.75, 3.05) is 26.2 Å². The van der Waals surface area contributed by atoms with Crippen LogP contribution in [0.15, 0.2) is 42.5 Å². The Kier molecular flexibility index (Phi) is 6.78. The van der Waals surface area contributed by atoms with Crippen molar-refractivity contribution in [2.24, 2.45) is 0 Å². The van der Waals surface area contributed by atoms with E-state index in [1.165, 1.54) is 24.3 Å². The summed E-state index contributed by atoms with van der Waals surface area (Å²) in [6.07, 6.45) is -3.70. The highest BCUT2D eigenvalue weighted by Crippen LogP contribution is 2.37. The molecule has 11 heteroatoms. The van der Waals surface area contributed by atoms with Gasteiger partial charge >= 0.3 is 6.18 Å². The molecule has 36 heavy (non-hydrogen) atoms. The second-order valence-corrected chi connectivity index (χ2v) is 9.12. The minimum atomic E-state index is -4.61. The maximum atomic E-state index is 14.5. The van der Waals surface area contributed by atoms with Crippen LogP contribution in [0.25, 0.3) is 11.1 Å². The molecular formula is C25H25F4N3O4. The SMILES string of the molecule is CC(NC(=O)c1ccc(F)c(-c2ccc(C(=O)N3CCN(C(=O)C4(O)CC4)CC3)cc2)c1)C(F)(F)F. The molecule has 3 amide bonds. The van der Waals surface area contributed by atoms with Gasteiger partial charge in [-0.25, -0.2) is 4.39 Å². The predicted molar refractivity (Wildman–Crippen MR) is 121 cm³/mol. The summed E-state index contributed by atoms with van der Waals surface area (Å²) in [6, 6.07) is 7.18. The van der Waals surface area contributed by atoms with Gasteiger partial charge in [-0.3, -0.25) is 14.4 Å². The molecule has 2 N–H and O–H groups in total. The van der Waals surface area contributed by atoms with Crippen LogP contribution in [-0.2, 0) is 4.79 Å². The molecule has 1 aliphatic carbocycles.